The molecule has 6 heteroatoms. The quantitative estimate of drug-likeness (QED) is 0.634. The van der Waals surface area contributed by atoms with E-state index in [1.54, 1.807) is 6.92 Å². The van der Waals surface area contributed by atoms with Gasteiger partial charge in [0.1, 0.15) is 0 Å². The van der Waals surface area contributed by atoms with Crippen LogP contribution in [-0.4, -0.2) is 58.3 Å². The van der Waals surface area contributed by atoms with E-state index in [1.165, 1.54) is 0 Å². The Bertz CT molecular complexity index is 273. The molecule has 90 valence electrons. The van der Waals surface area contributed by atoms with Crippen molar-refractivity contribution in [1.82, 2.24) is 14.9 Å². The maximum Gasteiger partial charge on any atom is 0.211 e. The second kappa shape index (κ2) is 5.79. The highest BCUT2D eigenvalue weighted by molar-refractivity contribution is 7.89. The van der Waals surface area contributed by atoms with Crippen molar-refractivity contribution in [1.29, 1.82) is 0 Å². The Hall–Kier alpha value is -0.170. The molecule has 1 aliphatic rings. The SMILES string of the molecule is CCS(=O)(=O)NCCN(C)C1CCNC1. The lowest BCUT2D eigenvalue weighted by Crippen LogP contribution is -2.39. The highest BCUT2D eigenvalue weighted by Crippen LogP contribution is 2.04. The number of sulfonamides is 1. The van der Waals surface area contributed by atoms with Crippen molar-refractivity contribution in [2.75, 3.05) is 39.0 Å². The largest absolute Gasteiger partial charge is 0.315 e. The van der Waals surface area contributed by atoms with Crippen LogP contribution in [0.2, 0.25) is 0 Å². The molecule has 5 nitrogen and oxygen atoms in total. The molecule has 0 radical (unpaired) electrons. The lowest BCUT2D eigenvalue weighted by atomic mass is 10.2. The van der Waals surface area contributed by atoms with Gasteiger partial charge in [0.2, 0.25) is 10.0 Å². The van der Waals surface area contributed by atoms with Gasteiger partial charge in [-0.05, 0) is 26.9 Å². The molecule has 1 rings (SSSR count). The molecule has 0 aromatic carbocycles. The minimum Gasteiger partial charge on any atom is -0.315 e. The average Bonchev–Trinajstić information content (AvgIpc) is 2.70. The van der Waals surface area contributed by atoms with Crippen LogP contribution in [0.5, 0.6) is 0 Å². The van der Waals surface area contributed by atoms with Crippen molar-refractivity contribution in [2.24, 2.45) is 0 Å². The number of likely N-dealkylation sites (N-methyl/N-ethyl adjacent to an activating group) is 1. The van der Waals surface area contributed by atoms with Gasteiger partial charge in [-0.15, -0.1) is 0 Å². The van der Waals surface area contributed by atoms with Gasteiger partial charge in [-0.25, -0.2) is 13.1 Å². The number of hydrogen-bond acceptors (Lipinski definition) is 4. The van der Waals surface area contributed by atoms with Gasteiger partial charge in [0.05, 0.1) is 5.75 Å². The lowest BCUT2D eigenvalue weighted by molar-refractivity contribution is 0.261. The van der Waals surface area contributed by atoms with Crippen LogP contribution in [0.4, 0.5) is 0 Å². The normalized spacial score (nSPS) is 22.5. The molecular weight excluding hydrogens is 214 g/mol. The van der Waals surface area contributed by atoms with Gasteiger partial charge in [0, 0.05) is 25.7 Å². The highest BCUT2D eigenvalue weighted by atomic mass is 32.2. The summed E-state index contributed by atoms with van der Waals surface area (Å²) in [7, 11) is -0.991. The molecule has 15 heavy (non-hydrogen) atoms. The molecule has 0 aromatic heterocycles. The van der Waals surface area contributed by atoms with Gasteiger partial charge < -0.3 is 10.2 Å². The summed E-state index contributed by atoms with van der Waals surface area (Å²) >= 11 is 0. The minimum atomic E-state index is -3.03. The topological polar surface area (TPSA) is 61.4 Å². The van der Waals surface area contributed by atoms with Crippen molar-refractivity contribution in [3.63, 3.8) is 0 Å². The molecule has 1 fully saturated rings. The van der Waals surface area contributed by atoms with Crippen molar-refractivity contribution in [2.45, 2.75) is 19.4 Å². The van der Waals surface area contributed by atoms with Crippen molar-refractivity contribution in [3.8, 4) is 0 Å². The van der Waals surface area contributed by atoms with E-state index in [9.17, 15) is 8.42 Å². The van der Waals surface area contributed by atoms with Crippen LogP contribution in [0, 0.1) is 0 Å². The zero-order valence-electron chi connectivity index (χ0n) is 9.49. The molecule has 1 atom stereocenters. The summed E-state index contributed by atoms with van der Waals surface area (Å²) in [5, 5.41) is 3.29. The predicted octanol–water partition coefficient (Wildman–Crippen LogP) is -0.781. The van der Waals surface area contributed by atoms with E-state index in [1.807, 2.05) is 7.05 Å². The summed E-state index contributed by atoms with van der Waals surface area (Å²) in [5.41, 5.74) is 0. The fourth-order valence-electron chi connectivity index (χ4n) is 1.68. The van der Waals surface area contributed by atoms with E-state index < -0.39 is 10.0 Å². The first-order valence-electron chi connectivity index (χ1n) is 5.43. The van der Waals surface area contributed by atoms with Crippen LogP contribution in [0.15, 0.2) is 0 Å². The molecule has 2 N–H and O–H groups in total. The number of hydrogen-bond donors (Lipinski definition) is 2. The van der Waals surface area contributed by atoms with Gasteiger partial charge in [0.15, 0.2) is 0 Å². The molecule has 0 aliphatic carbocycles. The summed E-state index contributed by atoms with van der Waals surface area (Å²) in [6.07, 6.45) is 1.15. The van der Waals surface area contributed by atoms with Crippen molar-refractivity contribution >= 4 is 10.0 Å². The zero-order valence-corrected chi connectivity index (χ0v) is 10.3. The first-order valence-corrected chi connectivity index (χ1v) is 7.08. The Morgan fingerprint density at radius 2 is 2.27 bits per heavy atom. The maximum atomic E-state index is 11.2. The summed E-state index contributed by atoms with van der Waals surface area (Å²) < 4.78 is 24.9. The summed E-state index contributed by atoms with van der Waals surface area (Å²) in [4.78, 5) is 2.21. The Balaban J connectivity index is 2.19. The third-order valence-electron chi connectivity index (χ3n) is 2.82. The van der Waals surface area contributed by atoms with Crippen LogP contribution in [0.1, 0.15) is 13.3 Å². The molecule has 0 bridgehead atoms. The zero-order chi connectivity index (χ0) is 11.3. The minimum absolute atomic E-state index is 0.154. The average molecular weight is 235 g/mol. The van der Waals surface area contributed by atoms with Gasteiger partial charge in [-0.1, -0.05) is 0 Å². The molecule has 0 amide bonds. The Labute approximate surface area is 92.3 Å². The summed E-state index contributed by atoms with van der Waals surface area (Å²) in [6, 6.07) is 0.552. The van der Waals surface area contributed by atoms with Crippen LogP contribution in [0.3, 0.4) is 0 Å². The molecule has 1 aliphatic heterocycles. The smallest absolute Gasteiger partial charge is 0.211 e. The van der Waals surface area contributed by atoms with E-state index in [-0.39, 0.29) is 5.75 Å². The first-order chi connectivity index (χ1) is 7.05. The van der Waals surface area contributed by atoms with Gasteiger partial charge in [-0.3, -0.25) is 0 Å². The Kier molecular flexibility index (Phi) is 4.98. The predicted molar refractivity (Wildman–Crippen MR) is 61.4 cm³/mol. The molecule has 0 aromatic rings. The number of nitrogens with one attached hydrogen (secondary N) is 2. The molecule has 1 unspecified atom stereocenters. The third kappa shape index (κ3) is 4.46. The standard InChI is InChI=1S/C9H21N3O2S/c1-3-15(13,14)11-6-7-12(2)9-4-5-10-8-9/h9-11H,3-8H2,1-2H3. The maximum absolute atomic E-state index is 11.2. The van der Waals surface area contributed by atoms with Crippen LogP contribution < -0.4 is 10.0 Å². The molecule has 0 saturated carbocycles. The summed E-state index contributed by atoms with van der Waals surface area (Å²) in [6.45, 7) is 4.99. The van der Waals surface area contributed by atoms with Crippen molar-refractivity contribution in [3.05, 3.63) is 0 Å². The van der Waals surface area contributed by atoms with Crippen LogP contribution >= 0.6 is 0 Å². The fourth-order valence-corrected chi connectivity index (χ4v) is 2.28. The first kappa shape index (κ1) is 12.9. The van der Waals surface area contributed by atoms with E-state index in [2.05, 4.69) is 14.9 Å². The fraction of sp³-hybridized carbons (Fsp3) is 1.00. The Morgan fingerprint density at radius 1 is 1.53 bits per heavy atom. The molecule has 0 spiro atoms. The molecular formula is C9H21N3O2S. The second-order valence-corrected chi connectivity index (χ2v) is 6.02. The number of rotatable bonds is 6. The van der Waals surface area contributed by atoms with E-state index in [0.29, 0.717) is 12.6 Å². The van der Waals surface area contributed by atoms with Gasteiger partial charge in [-0.2, -0.15) is 0 Å². The Morgan fingerprint density at radius 3 is 2.80 bits per heavy atom. The van der Waals surface area contributed by atoms with Gasteiger partial charge in [0.25, 0.3) is 0 Å². The van der Waals surface area contributed by atoms with Gasteiger partial charge >= 0.3 is 0 Å². The summed E-state index contributed by atoms with van der Waals surface area (Å²) in [5.74, 6) is 0.154. The number of nitrogens with zero attached hydrogens (tertiary/aromatic N) is 1. The molecule has 1 heterocycles. The molecule has 1 saturated heterocycles. The van der Waals surface area contributed by atoms with Crippen molar-refractivity contribution < 1.29 is 8.42 Å². The van der Waals surface area contributed by atoms with E-state index >= 15 is 0 Å². The lowest BCUT2D eigenvalue weighted by Gasteiger charge is -2.23. The second-order valence-electron chi connectivity index (χ2n) is 3.92. The third-order valence-corrected chi connectivity index (χ3v) is 4.23. The van der Waals surface area contributed by atoms with Crippen LogP contribution in [0.25, 0.3) is 0 Å². The van der Waals surface area contributed by atoms with E-state index in [0.717, 1.165) is 26.1 Å². The van der Waals surface area contributed by atoms with E-state index in [4.69, 9.17) is 0 Å². The highest BCUT2D eigenvalue weighted by Gasteiger charge is 2.18. The van der Waals surface area contributed by atoms with Crippen LogP contribution in [-0.2, 0) is 10.0 Å². The monoisotopic (exact) mass is 235 g/mol.